The van der Waals surface area contributed by atoms with Crippen LogP contribution in [-0.2, 0) is 0 Å². The first-order valence-electron chi connectivity index (χ1n) is 19.9. The Morgan fingerprint density at radius 1 is 0.390 bits per heavy atom. The molecule has 12 aromatic rings. The fourth-order valence-corrected chi connectivity index (χ4v) is 10.5. The molecule has 0 amide bonds. The van der Waals surface area contributed by atoms with Crippen LogP contribution in [-0.4, -0.2) is 9.13 Å². The van der Waals surface area contributed by atoms with E-state index in [0.717, 1.165) is 66.6 Å². The highest BCUT2D eigenvalue weighted by Gasteiger charge is 2.23. The largest absolute Gasteiger partial charge is 0.309 e. The number of aromatic nitrogens is 2. The van der Waals surface area contributed by atoms with Crippen molar-refractivity contribution in [2.75, 3.05) is 0 Å². The monoisotopic (exact) mass is 767 g/mol. The maximum absolute atomic E-state index is 11.4. The maximum atomic E-state index is 11.4. The second-order valence-electron chi connectivity index (χ2n) is 15.1. The van der Waals surface area contributed by atoms with Gasteiger partial charge in [0.2, 0.25) is 0 Å². The molecule has 12 rings (SSSR count). The number of hydrogen-bond donors (Lipinski definition) is 0. The molecule has 0 atom stereocenters. The summed E-state index contributed by atoms with van der Waals surface area (Å²) in [4.78, 5) is 0. The van der Waals surface area contributed by atoms with Gasteiger partial charge in [-0.2, -0.15) is 5.26 Å². The summed E-state index contributed by atoms with van der Waals surface area (Å²) in [5, 5.41) is 18.6. The van der Waals surface area contributed by atoms with E-state index in [2.05, 4.69) is 209 Å². The van der Waals surface area contributed by atoms with Gasteiger partial charge in [0.1, 0.15) is 6.07 Å². The SMILES string of the molecule is N#Cc1c(-n2c3ccccc3c3c(-c4ccc5c(c4)c4ccccc4n5-c4ccccc4)cccc32)ccc(-c2ccccc2)c1-c1ccc2sc3ccccc3c2c1. The summed E-state index contributed by atoms with van der Waals surface area (Å²) in [5.74, 6) is 0. The average molecular weight is 768 g/mol. The zero-order valence-electron chi connectivity index (χ0n) is 31.8. The Morgan fingerprint density at radius 2 is 1.02 bits per heavy atom. The van der Waals surface area contributed by atoms with Gasteiger partial charge in [-0.3, -0.25) is 0 Å². The van der Waals surface area contributed by atoms with Crippen LogP contribution in [0, 0.1) is 11.3 Å². The van der Waals surface area contributed by atoms with Gasteiger partial charge >= 0.3 is 0 Å². The minimum absolute atomic E-state index is 0.647. The Labute approximate surface area is 344 Å². The van der Waals surface area contributed by atoms with E-state index in [-0.39, 0.29) is 0 Å². The highest BCUT2D eigenvalue weighted by atomic mass is 32.1. The van der Waals surface area contributed by atoms with Crippen molar-refractivity contribution in [3.63, 3.8) is 0 Å². The van der Waals surface area contributed by atoms with Gasteiger partial charge in [-0.25, -0.2) is 0 Å². The van der Waals surface area contributed by atoms with E-state index >= 15 is 0 Å². The lowest BCUT2D eigenvalue weighted by atomic mass is 9.89. The minimum atomic E-state index is 0.647. The lowest BCUT2D eigenvalue weighted by Gasteiger charge is -2.18. The molecular weight excluding hydrogens is 735 g/mol. The molecule has 0 bridgehead atoms. The van der Waals surface area contributed by atoms with Crippen LogP contribution in [0.5, 0.6) is 0 Å². The van der Waals surface area contributed by atoms with Crippen LogP contribution in [0.1, 0.15) is 5.56 Å². The lowest BCUT2D eigenvalue weighted by molar-refractivity contribution is 1.17. The van der Waals surface area contributed by atoms with Gasteiger partial charge in [0.15, 0.2) is 0 Å². The molecule has 3 aromatic heterocycles. The second-order valence-corrected chi connectivity index (χ2v) is 16.2. The Balaban J connectivity index is 1.12. The number of benzene rings is 9. The average Bonchev–Trinajstić information content (AvgIpc) is 3.96. The molecule has 4 heteroatoms. The number of nitrogens with zero attached hydrogens (tertiary/aromatic N) is 3. The van der Waals surface area contributed by atoms with E-state index in [9.17, 15) is 5.26 Å². The van der Waals surface area contributed by atoms with Crippen molar-refractivity contribution in [1.82, 2.24) is 9.13 Å². The third-order valence-corrected chi connectivity index (χ3v) is 13.1. The molecule has 3 heterocycles. The molecule has 59 heavy (non-hydrogen) atoms. The Morgan fingerprint density at radius 3 is 1.83 bits per heavy atom. The minimum Gasteiger partial charge on any atom is -0.309 e. The summed E-state index contributed by atoms with van der Waals surface area (Å²) < 4.78 is 7.17. The predicted octanol–water partition coefficient (Wildman–Crippen LogP) is 15.1. The van der Waals surface area contributed by atoms with Crippen LogP contribution < -0.4 is 0 Å². The van der Waals surface area contributed by atoms with Crippen molar-refractivity contribution in [3.8, 4) is 50.8 Å². The van der Waals surface area contributed by atoms with Gasteiger partial charge in [-0.05, 0) is 94.5 Å². The van der Waals surface area contributed by atoms with Crippen LogP contribution >= 0.6 is 11.3 Å². The second kappa shape index (κ2) is 13.2. The fraction of sp³-hybridized carbons (Fsp3) is 0. The normalized spacial score (nSPS) is 11.7. The molecule has 0 saturated carbocycles. The summed E-state index contributed by atoms with van der Waals surface area (Å²) >= 11 is 1.81. The number of rotatable bonds is 5. The van der Waals surface area contributed by atoms with Gasteiger partial charge in [-0.15, -0.1) is 11.3 Å². The quantitative estimate of drug-likeness (QED) is 0.172. The van der Waals surface area contributed by atoms with Crippen LogP contribution in [0.3, 0.4) is 0 Å². The summed E-state index contributed by atoms with van der Waals surface area (Å²) in [6.45, 7) is 0. The highest BCUT2D eigenvalue weighted by molar-refractivity contribution is 7.25. The fourth-order valence-electron chi connectivity index (χ4n) is 9.45. The smallest absolute Gasteiger partial charge is 0.102 e. The standard InChI is InChI=1S/C55H33N3S/c56-34-46-50(30-28-40(35-14-3-1-4-15-35)54(46)37-27-31-53-45(33-37)42-19-9-12-25-52(42)59-53)58-48-23-11-8-20-43(48)55-39(21-13-24-51(55)58)36-26-29-49-44(32-36)41-18-7-10-22-47(41)57(49)38-16-5-2-6-17-38/h1-33H. The van der Waals surface area contributed by atoms with Gasteiger partial charge < -0.3 is 9.13 Å². The molecule has 0 aliphatic rings. The molecule has 0 aliphatic heterocycles. The molecule has 3 nitrogen and oxygen atoms in total. The van der Waals surface area contributed by atoms with E-state index < -0.39 is 0 Å². The number of nitriles is 1. The van der Waals surface area contributed by atoms with Gasteiger partial charge in [0, 0.05) is 53.0 Å². The summed E-state index contributed by atoms with van der Waals surface area (Å²) in [6.07, 6.45) is 0. The van der Waals surface area contributed by atoms with Crippen molar-refractivity contribution < 1.29 is 0 Å². The first kappa shape index (κ1) is 33.4. The molecule has 0 aliphatic carbocycles. The molecular formula is C55H33N3S. The van der Waals surface area contributed by atoms with Crippen molar-refractivity contribution in [2.45, 2.75) is 0 Å². The van der Waals surface area contributed by atoms with E-state index in [0.29, 0.717) is 5.56 Å². The van der Waals surface area contributed by atoms with Crippen LogP contribution in [0.4, 0.5) is 0 Å². The molecule has 0 fully saturated rings. The van der Waals surface area contributed by atoms with Gasteiger partial charge in [0.05, 0.1) is 33.3 Å². The molecule has 9 aromatic carbocycles. The molecule has 0 spiro atoms. The first-order chi connectivity index (χ1) is 29.2. The number of fused-ring (bicyclic) bond motifs is 9. The van der Waals surface area contributed by atoms with Crippen molar-refractivity contribution in [3.05, 3.63) is 206 Å². The van der Waals surface area contributed by atoms with Crippen LogP contribution in [0.2, 0.25) is 0 Å². The van der Waals surface area contributed by atoms with Crippen molar-refractivity contribution in [1.29, 1.82) is 5.26 Å². The summed E-state index contributed by atoms with van der Waals surface area (Å²) in [7, 11) is 0. The lowest BCUT2D eigenvalue weighted by Crippen LogP contribution is -2.01. The molecule has 274 valence electrons. The number of hydrogen-bond acceptors (Lipinski definition) is 2. The molecule has 0 N–H and O–H groups in total. The maximum Gasteiger partial charge on any atom is 0.102 e. The topological polar surface area (TPSA) is 33.6 Å². The van der Waals surface area contributed by atoms with E-state index in [1.165, 1.54) is 42.0 Å². The van der Waals surface area contributed by atoms with Crippen LogP contribution in [0.15, 0.2) is 200 Å². The summed E-state index contributed by atoms with van der Waals surface area (Å²) in [6, 6.07) is 74.3. The van der Waals surface area contributed by atoms with E-state index in [1.807, 2.05) is 17.4 Å². The molecule has 0 unspecified atom stereocenters. The molecule has 0 saturated heterocycles. The van der Waals surface area contributed by atoms with E-state index in [1.54, 1.807) is 0 Å². The predicted molar refractivity (Wildman–Crippen MR) is 249 cm³/mol. The first-order valence-corrected chi connectivity index (χ1v) is 20.7. The zero-order chi connectivity index (χ0) is 39.0. The highest BCUT2D eigenvalue weighted by Crippen LogP contribution is 2.45. The Hall–Kier alpha value is -7.71. The van der Waals surface area contributed by atoms with Crippen molar-refractivity contribution in [2.24, 2.45) is 0 Å². The zero-order valence-corrected chi connectivity index (χ0v) is 32.6. The van der Waals surface area contributed by atoms with Crippen molar-refractivity contribution >= 4 is 75.1 Å². The number of thiophene rings is 1. The Bertz CT molecular complexity index is 3670. The van der Waals surface area contributed by atoms with Gasteiger partial charge in [-0.1, -0.05) is 133 Å². The molecule has 0 radical (unpaired) electrons. The van der Waals surface area contributed by atoms with Gasteiger partial charge in [0.25, 0.3) is 0 Å². The summed E-state index contributed by atoms with van der Waals surface area (Å²) in [5.41, 5.74) is 13.5. The third kappa shape index (κ3) is 5.06. The number of para-hydroxylation sites is 3. The van der Waals surface area contributed by atoms with Crippen LogP contribution in [0.25, 0.3) is 109 Å². The third-order valence-electron chi connectivity index (χ3n) is 12.0. The Kier molecular flexibility index (Phi) is 7.47. The van der Waals surface area contributed by atoms with E-state index in [4.69, 9.17) is 0 Å².